The fraction of sp³-hybridized carbons (Fsp3) is 0.333. The lowest BCUT2D eigenvalue weighted by atomic mass is 9.98. The van der Waals surface area contributed by atoms with E-state index in [2.05, 4.69) is 63.7 Å². The number of carbonyl (C=O) groups is 1. The molecule has 7 nitrogen and oxygen atoms in total. The topological polar surface area (TPSA) is 83.9 Å². The molecule has 0 spiro atoms. The van der Waals surface area contributed by atoms with E-state index in [1.807, 2.05) is 24.3 Å². The Morgan fingerprint density at radius 1 is 0.860 bits per heavy atom. The van der Waals surface area contributed by atoms with Crippen LogP contribution in [-0.4, -0.2) is 46.6 Å². The van der Waals surface area contributed by atoms with E-state index in [1.54, 1.807) is 24.5 Å². The molecule has 0 unspecified atom stereocenters. The van der Waals surface area contributed by atoms with Crippen molar-refractivity contribution in [3.8, 4) is 11.1 Å². The van der Waals surface area contributed by atoms with Crippen LogP contribution in [0.3, 0.4) is 0 Å². The van der Waals surface area contributed by atoms with E-state index in [1.165, 1.54) is 19.3 Å². The van der Waals surface area contributed by atoms with Gasteiger partial charge in [-0.2, -0.15) is 0 Å². The first kappa shape index (κ1) is 29.2. The third-order valence-corrected chi connectivity index (χ3v) is 8.35. The first-order valence-corrected chi connectivity index (χ1v) is 15.2. The van der Waals surface area contributed by atoms with Gasteiger partial charge in [-0.15, -0.1) is 0 Å². The second-order valence-electron chi connectivity index (χ2n) is 11.5. The zero-order valence-electron chi connectivity index (χ0n) is 24.4. The van der Waals surface area contributed by atoms with E-state index in [9.17, 15) is 9.90 Å². The van der Waals surface area contributed by atoms with Crippen molar-refractivity contribution >= 4 is 5.91 Å². The lowest BCUT2D eigenvalue weighted by Gasteiger charge is -2.39. The molecule has 2 aliphatic rings. The summed E-state index contributed by atoms with van der Waals surface area (Å²) < 4.78 is 13.1. The Hall–Kier alpha value is -3.88. The highest BCUT2D eigenvalue weighted by molar-refractivity contribution is 5.93. The molecule has 1 aromatic heterocycles. The number of nitrogens with zero attached hydrogens (tertiary/aromatic N) is 2. The van der Waals surface area contributed by atoms with E-state index in [-0.39, 0.29) is 24.7 Å². The smallest absolute Gasteiger partial charge is 0.253 e. The summed E-state index contributed by atoms with van der Waals surface area (Å²) in [5, 5.41) is 12.5. The molecule has 2 saturated heterocycles. The summed E-state index contributed by atoms with van der Waals surface area (Å²) in [6.45, 7) is 3.63. The van der Waals surface area contributed by atoms with Gasteiger partial charge in [0.15, 0.2) is 6.29 Å². The van der Waals surface area contributed by atoms with Crippen molar-refractivity contribution in [2.45, 2.75) is 57.3 Å². The van der Waals surface area contributed by atoms with Gasteiger partial charge in [0, 0.05) is 37.5 Å². The van der Waals surface area contributed by atoms with Crippen molar-refractivity contribution in [2.75, 3.05) is 19.6 Å². The Morgan fingerprint density at radius 2 is 1.65 bits per heavy atom. The number of aromatic nitrogens is 1. The first-order chi connectivity index (χ1) is 21.1. The number of likely N-dealkylation sites (tertiary alicyclic amines) is 1. The van der Waals surface area contributed by atoms with Crippen LogP contribution in [0.5, 0.6) is 0 Å². The number of hydrogen-bond acceptors (Lipinski definition) is 6. The number of aliphatic hydroxyl groups excluding tert-OH is 1. The molecule has 2 fully saturated rings. The van der Waals surface area contributed by atoms with E-state index in [4.69, 9.17) is 9.47 Å². The minimum atomic E-state index is -0.464. The fourth-order valence-corrected chi connectivity index (χ4v) is 5.94. The van der Waals surface area contributed by atoms with Gasteiger partial charge in [-0.25, -0.2) is 0 Å². The predicted octanol–water partition coefficient (Wildman–Crippen LogP) is 6.20. The maximum Gasteiger partial charge on any atom is 0.253 e. The Kier molecular flexibility index (Phi) is 9.55. The van der Waals surface area contributed by atoms with E-state index in [0.29, 0.717) is 12.1 Å². The number of ether oxygens (including phenoxy) is 2. The second kappa shape index (κ2) is 14.1. The van der Waals surface area contributed by atoms with E-state index < -0.39 is 6.29 Å². The fourth-order valence-electron chi connectivity index (χ4n) is 5.94. The summed E-state index contributed by atoms with van der Waals surface area (Å²) in [6, 6.07) is 28.2. The molecule has 0 aliphatic carbocycles. The second-order valence-corrected chi connectivity index (χ2v) is 11.5. The molecular weight excluding hydrogens is 538 g/mol. The molecule has 2 aliphatic heterocycles. The molecule has 3 aromatic carbocycles. The quantitative estimate of drug-likeness (QED) is 0.246. The predicted molar refractivity (Wildman–Crippen MR) is 166 cm³/mol. The Labute approximate surface area is 253 Å². The summed E-state index contributed by atoms with van der Waals surface area (Å²) in [4.78, 5) is 19.0. The van der Waals surface area contributed by atoms with Crippen LogP contribution in [0.2, 0.25) is 0 Å². The van der Waals surface area contributed by atoms with Crippen LogP contribution in [0.15, 0.2) is 97.3 Å². The molecule has 3 atom stereocenters. The summed E-state index contributed by atoms with van der Waals surface area (Å²) in [7, 11) is 0. The maximum absolute atomic E-state index is 12.5. The van der Waals surface area contributed by atoms with Gasteiger partial charge in [-0.3, -0.25) is 9.78 Å². The van der Waals surface area contributed by atoms with Crippen LogP contribution >= 0.6 is 0 Å². The van der Waals surface area contributed by atoms with Crippen LogP contribution < -0.4 is 5.32 Å². The highest BCUT2D eigenvalue weighted by atomic mass is 16.7. The van der Waals surface area contributed by atoms with Gasteiger partial charge in [0.2, 0.25) is 0 Å². The molecule has 43 heavy (non-hydrogen) atoms. The molecule has 3 heterocycles. The zero-order chi connectivity index (χ0) is 29.4. The van der Waals surface area contributed by atoms with Crippen molar-refractivity contribution in [3.63, 3.8) is 0 Å². The maximum atomic E-state index is 12.5. The van der Waals surface area contributed by atoms with Crippen LogP contribution in [0, 0.1) is 0 Å². The highest BCUT2D eigenvalue weighted by Crippen LogP contribution is 2.39. The van der Waals surface area contributed by atoms with Gasteiger partial charge in [0.25, 0.3) is 5.91 Å². The Balaban J connectivity index is 1.15. The van der Waals surface area contributed by atoms with Crippen molar-refractivity contribution in [1.29, 1.82) is 0 Å². The van der Waals surface area contributed by atoms with E-state index in [0.717, 1.165) is 59.4 Å². The van der Waals surface area contributed by atoms with E-state index >= 15 is 0 Å². The number of rotatable bonds is 9. The molecule has 6 rings (SSSR count). The van der Waals surface area contributed by atoms with Gasteiger partial charge < -0.3 is 24.8 Å². The summed E-state index contributed by atoms with van der Waals surface area (Å²) in [6.07, 6.45) is 7.35. The Morgan fingerprint density at radius 3 is 2.40 bits per heavy atom. The summed E-state index contributed by atoms with van der Waals surface area (Å²) in [5.41, 5.74) is 6.73. The summed E-state index contributed by atoms with van der Waals surface area (Å²) >= 11 is 0. The van der Waals surface area contributed by atoms with Crippen molar-refractivity contribution in [2.24, 2.45) is 0 Å². The number of pyridine rings is 1. The lowest BCUT2D eigenvalue weighted by molar-refractivity contribution is -0.253. The van der Waals surface area contributed by atoms with Gasteiger partial charge in [0.05, 0.1) is 24.4 Å². The van der Waals surface area contributed by atoms with Gasteiger partial charge in [-0.05, 0) is 71.9 Å². The summed E-state index contributed by atoms with van der Waals surface area (Å²) in [5.74, 6) is -0.142. The molecule has 7 heteroatoms. The lowest BCUT2D eigenvalue weighted by Crippen LogP contribution is -2.41. The molecule has 0 saturated carbocycles. The van der Waals surface area contributed by atoms with Crippen LogP contribution in [0.4, 0.5) is 0 Å². The largest absolute Gasteiger partial charge is 0.392 e. The molecule has 2 N–H and O–H groups in total. The molecule has 0 bridgehead atoms. The first-order valence-electron chi connectivity index (χ1n) is 15.2. The number of carbonyl (C=O) groups excluding carboxylic acids is 1. The number of amides is 1. The van der Waals surface area contributed by atoms with Crippen molar-refractivity contribution in [1.82, 2.24) is 15.2 Å². The van der Waals surface area contributed by atoms with Gasteiger partial charge >= 0.3 is 0 Å². The standard InChI is InChI=1S/C36H39N3O4/c40-25-26-9-11-29(12-10-26)34-21-33(24-39-18-2-1-3-19-39)42-36(43-34)30-15-13-28(14-16-30)31-7-4-6-27(20-31)22-38-35(41)32-8-5-17-37-23-32/h4-17,20,23,33-34,36,40H,1-3,18-19,21-22,24-25H2,(H,38,41)/t33-,34+,36+/m1/s1. The third-order valence-electron chi connectivity index (χ3n) is 8.35. The normalized spacial score (nSPS) is 20.9. The number of hydrogen-bond donors (Lipinski definition) is 2. The number of benzene rings is 3. The van der Waals surface area contributed by atoms with Gasteiger partial charge in [-0.1, -0.05) is 73.2 Å². The number of piperidine rings is 1. The molecule has 4 aromatic rings. The SMILES string of the molecule is O=C(NCc1cccc(-c2ccc([C@H]3O[C@@H](CN4CCCCC4)C[C@@H](c4ccc(CO)cc4)O3)cc2)c1)c1cccnc1. The van der Waals surface area contributed by atoms with Crippen LogP contribution in [0.1, 0.15) is 70.7 Å². The Bertz CT molecular complexity index is 1470. The monoisotopic (exact) mass is 577 g/mol. The molecular formula is C36H39N3O4. The average molecular weight is 578 g/mol. The van der Waals surface area contributed by atoms with Crippen molar-refractivity contribution in [3.05, 3.63) is 125 Å². The number of nitrogens with one attached hydrogen (secondary N) is 1. The highest BCUT2D eigenvalue weighted by Gasteiger charge is 2.33. The average Bonchev–Trinajstić information content (AvgIpc) is 3.08. The molecule has 0 radical (unpaired) electrons. The third kappa shape index (κ3) is 7.56. The minimum absolute atomic E-state index is 0.0322. The van der Waals surface area contributed by atoms with Crippen LogP contribution in [0.25, 0.3) is 11.1 Å². The minimum Gasteiger partial charge on any atom is -0.392 e. The van der Waals surface area contributed by atoms with Crippen molar-refractivity contribution < 1.29 is 19.4 Å². The number of aliphatic hydroxyl groups is 1. The van der Waals surface area contributed by atoms with Gasteiger partial charge in [0.1, 0.15) is 0 Å². The molecule has 222 valence electrons. The van der Waals surface area contributed by atoms with Crippen LogP contribution in [-0.2, 0) is 22.6 Å². The molecule has 1 amide bonds. The zero-order valence-corrected chi connectivity index (χ0v) is 24.4.